The molecule has 1 atom stereocenters. The van der Waals surface area contributed by atoms with Gasteiger partial charge in [0.2, 0.25) is 0 Å². The van der Waals surface area contributed by atoms with Gasteiger partial charge in [0, 0.05) is 20.4 Å². The maximum atomic E-state index is 6.22. The molecule has 0 spiro atoms. The van der Waals surface area contributed by atoms with Crippen molar-refractivity contribution in [2.24, 2.45) is 5.92 Å². The van der Waals surface area contributed by atoms with Crippen LogP contribution in [0.15, 0.2) is 46.9 Å². The van der Waals surface area contributed by atoms with Crippen LogP contribution in [0, 0.1) is 5.92 Å². The van der Waals surface area contributed by atoms with Crippen molar-refractivity contribution in [1.82, 2.24) is 0 Å². The zero-order valence-electron chi connectivity index (χ0n) is 10.8. The molecule has 2 aromatic carbocycles. The molecule has 0 aromatic heterocycles. The largest absolute Gasteiger partial charge is 0.126 e. The van der Waals surface area contributed by atoms with Crippen LogP contribution in [0.1, 0.15) is 11.1 Å². The molecule has 0 saturated carbocycles. The fraction of sp³-hybridized carbons (Fsp3) is 0.250. The summed E-state index contributed by atoms with van der Waals surface area (Å²) in [5.74, 6) is 0.954. The Bertz CT molecular complexity index is 584. The maximum Gasteiger partial charge on any atom is 0.0452 e. The van der Waals surface area contributed by atoms with Gasteiger partial charge in [0.15, 0.2) is 0 Å². The van der Waals surface area contributed by atoms with Crippen LogP contribution >= 0.6 is 50.7 Å². The molecular formula is C16H14BrCl3. The lowest BCUT2D eigenvalue weighted by Crippen LogP contribution is -2.10. The second kappa shape index (κ2) is 7.70. The third-order valence-corrected chi connectivity index (χ3v) is 4.67. The van der Waals surface area contributed by atoms with Gasteiger partial charge in [-0.25, -0.2) is 0 Å². The lowest BCUT2D eigenvalue weighted by molar-refractivity contribution is 0.584. The minimum absolute atomic E-state index is 0.352. The predicted molar refractivity (Wildman–Crippen MR) is 92.2 cm³/mol. The van der Waals surface area contributed by atoms with E-state index in [-0.39, 0.29) is 0 Å². The van der Waals surface area contributed by atoms with Crippen LogP contribution in [-0.4, -0.2) is 5.88 Å². The van der Waals surface area contributed by atoms with E-state index in [4.69, 9.17) is 34.8 Å². The zero-order valence-corrected chi connectivity index (χ0v) is 14.6. The molecule has 0 fully saturated rings. The number of benzene rings is 2. The minimum Gasteiger partial charge on any atom is -0.126 e. The molecule has 0 aliphatic heterocycles. The highest BCUT2D eigenvalue weighted by Crippen LogP contribution is 2.25. The van der Waals surface area contributed by atoms with Crippen molar-refractivity contribution in [2.45, 2.75) is 12.8 Å². The van der Waals surface area contributed by atoms with Crippen molar-refractivity contribution in [1.29, 1.82) is 0 Å². The molecule has 4 heteroatoms. The fourth-order valence-corrected chi connectivity index (χ4v) is 3.33. The highest BCUT2D eigenvalue weighted by atomic mass is 79.9. The van der Waals surface area contributed by atoms with Crippen molar-refractivity contribution in [3.8, 4) is 0 Å². The molecular weight excluding hydrogens is 378 g/mol. The average Bonchev–Trinajstić information content (AvgIpc) is 2.41. The first-order valence-electron chi connectivity index (χ1n) is 6.33. The number of hydrogen-bond donors (Lipinski definition) is 0. The van der Waals surface area contributed by atoms with Gasteiger partial charge >= 0.3 is 0 Å². The molecule has 0 saturated heterocycles. The summed E-state index contributed by atoms with van der Waals surface area (Å²) in [6.45, 7) is 0. The maximum absolute atomic E-state index is 6.22. The molecule has 0 nitrogen and oxygen atoms in total. The van der Waals surface area contributed by atoms with E-state index in [1.807, 2.05) is 24.3 Å². The number of rotatable bonds is 5. The lowest BCUT2D eigenvalue weighted by Gasteiger charge is -2.15. The summed E-state index contributed by atoms with van der Waals surface area (Å²) in [5.41, 5.74) is 2.37. The fourth-order valence-electron chi connectivity index (χ4n) is 2.18. The first kappa shape index (κ1) is 16.2. The van der Waals surface area contributed by atoms with Crippen LogP contribution in [0.5, 0.6) is 0 Å². The van der Waals surface area contributed by atoms with E-state index >= 15 is 0 Å². The van der Waals surface area contributed by atoms with Crippen LogP contribution in [0.3, 0.4) is 0 Å². The molecule has 0 amide bonds. The Morgan fingerprint density at radius 1 is 1.00 bits per heavy atom. The van der Waals surface area contributed by atoms with Crippen molar-refractivity contribution in [3.63, 3.8) is 0 Å². The minimum atomic E-state index is 0.352. The first-order chi connectivity index (χ1) is 9.58. The summed E-state index contributed by atoms with van der Waals surface area (Å²) in [7, 11) is 0. The Kier molecular flexibility index (Phi) is 6.22. The Hall–Kier alpha value is -0.210. The second-order valence-electron chi connectivity index (χ2n) is 4.79. The summed E-state index contributed by atoms with van der Waals surface area (Å²) in [4.78, 5) is 0. The van der Waals surface area contributed by atoms with Crippen LogP contribution in [-0.2, 0) is 12.8 Å². The SMILES string of the molecule is ClCC(Cc1cccc(Br)c1)Cc1ccc(Cl)cc1Cl. The average molecular weight is 393 g/mol. The summed E-state index contributed by atoms with van der Waals surface area (Å²) >= 11 is 21.7. The van der Waals surface area contributed by atoms with Crippen LogP contribution in [0.4, 0.5) is 0 Å². The zero-order chi connectivity index (χ0) is 14.5. The van der Waals surface area contributed by atoms with Gasteiger partial charge in [-0.1, -0.05) is 57.3 Å². The molecule has 20 heavy (non-hydrogen) atoms. The molecule has 0 aliphatic carbocycles. The number of alkyl halides is 1. The quantitative estimate of drug-likeness (QED) is 0.517. The van der Waals surface area contributed by atoms with Gasteiger partial charge in [-0.3, -0.25) is 0 Å². The molecule has 2 rings (SSSR count). The van der Waals surface area contributed by atoms with Gasteiger partial charge in [-0.15, -0.1) is 11.6 Å². The van der Waals surface area contributed by atoms with Gasteiger partial charge in [-0.2, -0.15) is 0 Å². The molecule has 106 valence electrons. The van der Waals surface area contributed by atoms with Crippen molar-refractivity contribution >= 4 is 50.7 Å². The molecule has 0 N–H and O–H groups in total. The molecule has 2 aromatic rings. The Balaban J connectivity index is 2.09. The van der Waals surface area contributed by atoms with Gasteiger partial charge < -0.3 is 0 Å². The van der Waals surface area contributed by atoms with E-state index in [1.165, 1.54) is 5.56 Å². The van der Waals surface area contributed by atoms with Crippen LogP contribution < -0.4 is 0 Å². The molecule has 0 aliphatic rings. The number of halogens is 4. The molecule has 1 unspecified atom stereocenters. The van der Waals surface area contributed by atoms with Crippen LogP contribution in [0.25, 0.3) is 0 Å². The van der Waals surface area contributed by atoms with E-state index in [9.17, 15) is 0 Å². The van der Waals surface area contributed by atoms with E-state index in [0.29, 0.717) is 21.8 Å². The first-order valence-corrected chi connectivity index (χ1v) is 8.41. The van der Waals surface area contributed by atoms with Gasteiger partial charge in [0.05, 0.1) is 0 Å². The molecule has 0 heterocycles. The summed E-state index contributed by atoms with van der Waals surface area (Å²) in [6.07, 6.45) is 1.79. The monoisotopic (exact) mass is 390 g/mol. The van der Waals surface area contributed by atoms with Gasteiger partial charge in [0.25, 0.3) is 0 Å². The third kappa shape index (κ3) is 4.66. The topological polar surface area (TPSA) is 0 Å². The van der Waals surface area contributed by atoms with E-state index < -0.39 is 0 Å². The molecule has 0 bridgehead atoms. The van der Waals surface area contributed by atoms with Gasteiger partial charge in [-0.05, 0) is 54.2 Å². The Morgan fingerprint density at radius 3 is 2.45 bits per heavy atom. The van der Waals surface area contributed by atoms with Crippen molar-refractivity contribution in [3.05, 3.63) is 68.1 Å². The van der Waals surface area contributed by atoms with E-state index in [1.54, 1.807) is 6.07 Å². The summed E-state index contributed by atoms with van der Waals surface area (Å²) < 4.78 is 1.09. The Labute approximate surface area is 143 Å². The number of hydrogen-bond acceptors (Lipinski definition) is 0. The highest BCUT2D eigenvalue weighted by molar-refractivity contribution is 9.10. The Morgan fingerprint density at radius 2 is 1.80 bits per heavy atom. The highest BCUT2D eigenvalue weighted by Gasteiger charge is 2.12. The lowest BCUT2D eigenvalue weighted by atomic mass is 9.94. The summed E-state index contributed by atoms with van der Waals surface area (Å²) in [5, 5.41) is 1.37. The standard InChI is InChI=1S/C16H14BrCl3/c17-14-3-1-2-11(8-14)6-12(10-18)7-13-4-5-15(19)9-16(13)20/h1-5,8-9,12H,6-7,10H2. The van der Waals surface area contributed by atoms with E-state index in [0.717, 1.165) is 22.9 Å². The third-order valence-electron chi connectivity index (χ3n) is 3.16. The van der Waals surface area contributed by atoms with Gasteiger partial charge in [0.1, 0.15) is 0 Å². The van der Waals surface area contributed by atoms with Crippen LogP contribution in [0.2, 0.25) is 10.0 Å². The van der Waals surface area contributed by atoms with Crippen molar-refractivity contribution in [2.75, 3.05) is 5.88 Å². The van der Waals surface area contributed by atoms with Crippen molar-refractivity contribution < 1.29 is 0 Å². The molecule has 0 radical (unpaired) electrons. The second-order valence-corrected chi connectivity index (χ2v) is 6.86. The van der Waals surface area contributed by atoms with E-state index in [2.05, 4.69) is 28.1 Å². The summed E-state index contributed by atoms with van der Waals surface area (Å²) in [6, 6.07) is 13.9. The predicted octanol–water partition coefficient (Wildman–Crippen LogP) is 6.40. The normalized spacial score (nSPS) is 12.4. The smallest absolute Gasteiger partial charge is 0.0452 e.